The van der Waals surface area contributed by atoms with Crippen molar-refractivity contribution in [2.24, 2.45) is 29.1 Å². The second kappa shape index (κ2) is 17.2. The predicted molar refractivity (Wildman–Crippen MR) is 177 cm³/mol. The molecule has 3 fully saturated rings. The number of urea groups is 1. The van der Waals surface area contributed by atoms with Crippen LogP contribution in [-0.2, 0) is 24.0 Å². The summed E-state index contributed by atoms with van der Waals surface area (Å²) in [6, 6.07) is -5.33. The third kappa shape index (κ3) is 11.7. The Bertz CT molecular complexity index is 1210. The number of ketones is 2. The number of carbonyl (C=O) groups excluding carboxylic acids is 6. The fraction of sp³-hybridized carbons (Fsp3) is 0.829. The van der Waals surface area contributed by atoms with E-state index in [1.54, 1.807) is 27.7 Å². The lowest BCUT2D eigenvalue weighted by Gasteiger charge is -2.37. The maximum Gasteiger partial charge on any atom is 0.389 e. The molecule has 0 aromatic rings. The predicted octanol–water partition coefficient (Wildman–Crippen LogP) is 4.42. The zero-order chi connectivity index (χ0) is 36.7. The van der Waals surface area contributed by atoms with Crippen LogP contribution in [0.25, 0.3) is 0 Å². The molecule has 0 aromatic heterocycles. The van der Waals surface area contributed by atoms with Crippen LogP contribution in [0.15, 0.2) is 0 Å². The first-order chi connectivity index (χ1) is 22.8. The van der Waals surface area contributed by atoms with Crippen LogP contribution in [0.5, 0.6) is 0 Å². The van der Waals surface area contributed by atoms with Crippen LogP contribution in [0.4, 0.5) is 18.0 Å². The Hall–Kier alpha value is -3.19. The summed E-state index contributed by atoms with van der Waals surface area (Å²) in [4.78, 5) is 81.6. The van der Waals surface area contributed by atoms with Gasteiger partial charge in [-0.15, -0.1) is 0 Å². The van der Waals surface area contributed by atoms with E-state index in [1.165, 1.54) is 4.90 Å². The average Bonchev–Trinajstić information content (AvgIpc) is 3.79. The zero-order valence-corrected chi connectivity index (χ0v) is 29.8. The SMILES string of the molecule is CCNC(=O)C(=O)C(CCC(F)(F)F)NC(=O)[C@@H]1[C@@H](CC(C)C)CCN1C(=O)[C@@H](NC(=O)N[C@H](C(=O)C1CC1)C1CCCCC1)C(C)(C)C. The van der Waals surface area contributed by atoms with E-state index < -0.39 is 78.1 Å². The van der Waals surface area contributed by atoms with Crippen LogP contribution in [0.1, 0.15) is 112 Å². The Morgan fingerprint density at radius 1 is 0.857 bits per heavy atom. The number of halogens is 3. The molecule has 5 amide bonds. The zero-order valence-electron chi connectivity index (χ0n) is 29.8. The lowest BCUT2D eigenvalue weighted by molar-refractivity contribution is -0.147. The Labute approximate surface area is 288 Å². The molecule has 0 radical (unpaired) electrons. The summed E-state index contributed by atoms with van der Waals surface area (Å²) in [7, 11) is 0. The number of likely N-dealkylation sites (tertiary alicyclic amines) is 1. The Morgan fingerprint density at radius 3 is 2.02 bits per heavy atom. The molecular weight excluding hydrogens is 643 g/mol. The molecule has 1 unspecified atom stereocenters. The van der Waals surface area contributed by atoms with Crippen molar-refractivity contribution in [3.05, 3.63) is 0 Å². The highest BCUT2D eigenvalue weighted by Gasteiger charge is 2.48. The Morgan fingerprint density at radius 2 is 1.49 bits per heavy atom. The van der Waals surface area contributed by atoms with Crippen molar-refractivity contribution in [1.29, 1.82) is 0 Å². The fourth-order valence-electron chi connectivity index (χ4n) is 7.19. The van der Waals surface area contributed by atoms with E-state index in [4.69, 9.17) is 0 Å². The van der Waals surface area contributed by atoms with Crippen molar-refractivity contribution in [2.75, 3.05) is 13.1 Å². The van der Waals surface area contributed by atoms with Crippen molar-refractivity contribution >= 4 is 35.3 Å². The van der Waals surface area contributed by atoms with Crippen LogP contribution < -0.4 is 21.3 Å². The molecular formula is C35H56F3N5O6. The Kier molecular flexibility index (Phi) is 14.1. The number of amides is 5. The third-order valence-electron chi connectivity index (χ3n) is 9.84. The number of nitrogens with one attached hydrogen (secondary N) is 4. The summed E-state index contributed by atoms with van der Waals surface area (Å²) in [6.07, 6.45) is 0.371. The highest BCUT2D eigenvalue weighted by molar-refractivity contribution is 6.38. The van der Waals surface area contributed by atoms with Crippen LogP contribution in [-0.4, -0.2) is 83.7 Å². The van der Waals surface area contributed by atoms with Gasteiger partial charge in [0.05, 0.1) is 12.1 Å². The number of hydrogen-bond donors (Lipinski definition) is 4. The standard InChI is InChI=1S/C35H56F3N5O6/c1-7-39-31(47)28(45)24(15-17-35(36,37)38)40-30(46)26-23(19-20(2)3)16-18-43(26)32(48)29(34(4,5)6)42-33(49)41-25(27(44)22-13-14-22)21-11-9-8-10-12-21/h20-26,29H,7-19H2,1-6H3,(H,39,47)(H,40,46)(H2,41,42,49)/t23-,24?,25+,26+,29-/m1/s1. The van der Waals surface area contributed by atoms with Crippen molar-refractivity contribution in [1.82, 2.24) is 26.2 Å². The van der Waals surface area contributed by atoms with Crippen LogP contribution >= 0.6 is 0 Å². The van der Waals surface area contributed by atoms with Crippen LogP contribution in [0, 0.1) is 29.1 Å². The first kappa shape index (κ1) is 40.2. The number of carbonyl (C=O) groups is 6. The van der Waals surface area contributed by atoms with Crippen LogP contribution in [0.2, 0.25) is 0 Å². The lowest BCUT2D eigenvalue weighted by Crippen LogP contribution is -2.62. The highest BCUT2D eigenvalue weighted by atomic mass is 19.4. The van der Waals surface area contributed by atoms with E-state index in [1.807, 2.05) is 13.8 Å². The van der Waals surface area contributed by atoms with Gasteiger partial charge in [-0.25, -0.2) is 4.79 Å². The minimum absolute atomic E-state index is 0.0206. The molecule has 1 aliphatic heterocycles. The van der Waals surface area contributed by atoms with Gasteiger partial charge in [0.25, 0.3) is 5.91 Å². The van der Waals surface area contributed by atoms with E-state index >= 15 is 0 Å². The number of Topliss-reactive ketones (excluding diaryl/α,β-unsaturated/α-hetero) is 2. The summed E-state index contributed by atoms with van der Waals surface area (Å²) in [5, 5.41) is 10.4. The van der Waals surface area contributed by atoms with Gasteiger partial charge in [-0.3, -0.25) is 24.0 Å². The monoisotopic (exact) mass is 699 g/mol. The molecule has 1 saturated heterocycles. The molecule has 3 rings (SSSR count). The molecule has 1 heterocycles. The normalized spacial score (nSPS) is 22.2. The molecule has 3 aliphatic rings. The minimum Gasteiger partial charge on any atom is -0.350 e. The number of hydrogen-bond acceptors (Lipinski definition) is 6. The molecule has 5 atom stereocenters. The quantitative estimate of drug-likeness (QED) is 0.186. The smallest absolute Gasteiger partial charge is 0.350 e. The van der Waals surface area contributed by atoms with E-state index in [2.05, 4.69) is 21.3 Å². The molecule has 0 aromatic carbocycles. The summed E-state index contributed by atoms with van der Waals surface area (Å²) in [5.74, 6) is -3.98. The molecule has 4 N–H and O–H groups in total. The highest BCUT2D eigenvalue weighted by Crippen LogP contribution is 2.36. The van der Waals surface area contributed by atoms with Gasteiger partial charge in [-0.1, -0.05) is 53.9 Å². The maximum absolute atomic E-state index is 14.3. The van der Waals surface area contributed by atoms with Gasteiger partial charge >= 0.3 is 12.2 Å². The number of rotatable bonds is 15. The van der Waals surface area contributed by atoms with Gasteiger partial charge in [-0.05, 0) is 75.0 Å². The summed E-state index contributed by atoms with van der Waals surface area (Å²) in [6.45, 7) is 10.9. The van der Waals surface area contributed by atoms with Gasteiger partial charge in [0.15, 0.2) is 5.78 Å². The maximum atomic E-state index is 14.3. The second-order valence-electron chi connectivity index (χ2n) is 15.6. The van der Waals surface area contributed by atoms with E-state index in [0.29, 0.717) is 12.8 Å². The second-order valence-corrected chi connectivity index (χ2v) is 15.6. The Balaban J connectivity index is 1.86. The van der Waals surface area contributed by atoms with Crippen LogP contribution in [0.3, 0.4) is 0 Å². The van der Waals surface area contributed by atoms with Crippen molar-refractivity contribution in [3.63, 3.8) is 0 Å². The van der Waals surface area contributed by atoms with Crippen molar-refractivity contribution in [3.8, 4) is 0 Å². The van der Waals surface area contributed by atoms with Gasteiger partial charge in [0.2, 0.25) is 17.6 Å². The largest absolute Gasteiger partial charge is 0.389 e. The van der Waals surface area contributed by atoms with Crippen molar-refractivity contribution < 1.29 is 41.9 Å². The van der Waals surface area contributed by atoms with Gasteiger partial charge in [-0.2, -0.15) is 13.2 Å². The number of likely N-dealkylation sites (N-methyl/N-ethyl adjacent to an activating group) is 1. The average molecular weight is 700 g/mol. The first-order valence-electron chi connectivity index (χ1n) is 17.9. The summed E-state index contributed by atoms with van der Waals surface area (Å²) in [5.41, 5.74) is -0.837. The molecule has 2 saturated carbocycles. The number of nitrogens with zero attached hydrogens (tertiary/aromatic N) is 1. The molecule has 0 spiro atoms. The molecule has 0 bridgehead atoms. The molecule has 278 valence electrons. The lowest BCUT2D eigenvalue weighted by atomic mass is 9.81. The molecule has 14 heteroatoms. The summed E-state index contributed by atoms with van der Waals surface area (Å²) < 4.78 is 39.5. The minimum atomic E-state index is -4.63. The molecule has 2 aliphatic carbocycles. The van der Waals surface area contributed by atoms with Crippen molar-refractivity contribution in [2.45, 2.75) is 143 Å². The summed E-state index contributed by atoms with van der Waals surface area (Å²) >= 11 is 0. The fourth-order valence-corrected chi connectivity index (χ4v) is 7.19. The topological polar surface area (TPSA) is 154 Å². The molecule has 49 heavy (non-hydrogen) atoms. The first-order valence-corrected chi connectivity index (χ1v) is 17.9. The van der Waals surface area contributed by atoms with E-state index in [9.17, 15) is 41.9 Å². The number of alkyl halides is 3. The van der Waals surface area contributed by atoms with E-state index in [-0.39, 0.29) is 42.5 Å². The third-order valence-corrected chi connectivity index (χ3v) is 9.84. The van der Waals surface area contributed by atoms with Gasteiger partial charge in [0.1, 0.15) is 12.1 Å². The van der Waals surface area contributed by atoms with Gasteiger partial charge in [0, 0.05) is 25.4 Å². The van der Waals surface area contributed by atoms with E-state index in [0.717, 1.165) is 44.9 Å². The molecule has 11 nitrogen and oxygen atoms in total. The van der Waals surface area contributed by atoms with Gasteiger partial charge < -0.3 is 26.2 Å².